The van der Waals surface area contributed by atoms with Crippen molar-refractivity contribution in [3.05, 3.63) is 28.3 Å². The predicted octanol–water partition coefficient (Wildman–Crippen LogP) is 0.407. The molecule has 0 aromatic heterocycles. The quantitative estimate of drug-likeness (QED) is 0.428. The van der Waals surface area contributed by atoms with Crippen LogP contribution in [0.1, 0.15) is 6.92 Å². The van der Waals surface area contributed by atoms with Crippen molar-refractivity contribution in [3.63, 3.8) is 0 Å². The van der Waals surface area contributed by atoms with Crippen molar-refractivity contribution in [2.75, 3.05) is 32.4 Å². The maximum Gasteiger partial charge on any atom is 0.270 e. The van der Waals surface area contributed by atoms with Crippen molar-refractivity contribution in [2.24, 2.45) is 0 Å². The van der Waals surface area contributed by atoms with Gasteiger partial charge < -0.3 is 10.6 Å². The molecule has 0 bridgehead atoms. The summed E-state index contributed by atoms with van der Waals surface area (Å²) in [4.78, 5) is 11.7. The standard InChI is InChI=1S/C11H18N4O4S/c1-3-14(2)7-6-13-20(18,19)11-8-9(15(16)17)4-5-10(11)12/h4-5,8,13H,3,6-7,12H2,1-2H3. The molecule has 1 aromatic carbocycles. The zero-order chi connectivity index (χ0) is 15.3. The number of rotatable bonds is 7. The minimum absolute atomic E-state index is 0.0213. The fraction of sp³-hybridized carbons (Fsp3) is 0.455. The first-order valence-corrected chi connectivity index (χ1v) is 7.48. The molecule has 1 rings (SSSR count). The topological polar surface area (TPSA) is 119 Å². The summed E-state index contributed by atoms with van der Waals surface area (Å²) in [7, 11) is -2.00. The Morgan fingerprint density at radius 3 is 2.65 bits per heavy atom. The number of nitrogens with zero attached hydrogens (tertiary/aromatic N) is 2. The molecule has 0 aliphatic carbocycles. The summed E-state index contributed by atoms with van der Waals surface area (Å²) in [5.41, 5.74) is 5.25. The molecular formula is C11H18N4O4S. The van der Waals surface area contributed by atoms with Crippen LogP contribution in [0.15, 0.2) is 23.1 Å². The summed E-state index contributed by atoms with van der Waals surface area (Å²) in [6, 6.07) is 3.34. The lowest BCUT2D eigenvalue weighted by molar-refractivity contribution is -0.385. The van der Waals surface area contributed by atoms with E-state index in [1.54, 1.807) is 0 Å². The van der Waals surface area contributed by atoms with Gasteiger partial charge in [0.2, 0.25) is 10.0 Å². The van der Waals surface area contributed by atoms with E-state index in [1.165, 1.54) is 12.1 Å². The third-order valence-corrected chi connectivity index (χ3v) is 4.34. The van der Waals surface area contributed by atoms with Crippen molar-refractivity contribution >= 4 is 21.4 Å². The van der Waals surface area contributed by atoms with E-state index < -0.39 is 14.9 Å². The predicted molar refractivity (Wildman–Crippen MR) is 75.9 cm³/mol. The van der Waals surface area contributed by atoms with Crippen LogP contribution in [-0.2, 0) is 10.0 Å². The zero-order valence-corrected chi connectivity index (χ0v) is 12.2. The van der Waals surface area contributed by atoms with Crippen molar-refractivity contribution in [2.45, 2.75) is 11.8 Å². The lowest BCUT2D eigenvalue weighted by Crippen LogP contribution is -2.33. The Hall–Kier alpha value is -1.71. The van der Waals surface area contributed by atoms with Crippen molar-refractivity contribution in [1.29, 1.82) is 0 Å². The Morgan fingerprint density at radius 2 is 2.10 bits per heavy atom. The SMILES string of the molecule is CCN(C)CCNS(=O)(=O)c1cc([N+](=O)[O-])ccc1N. The molecule has 8 nitrogen and oxygen atoms in total. The van der Waals surface area contributed by atoms with Crippen molar-refractivity contribution in [1.82, 2.24) is 9.62 Å². The van der Waals surface area contributed by atoms with Crippen LogP contribution in [0.5, 0.6) is 0 Å². The number of benzene rings is 1. The normalized spacial score (nSPS) is 11.8. The van der Waals surface area contributed by atoms with Crippen LogP contribution < -0.4 is 10.5 Å². The minimum atomic E-state index is -3.86. The monoisotopic (exact) mass is 302 g/mol. The molecule has 0 radical (unpaired) electrons. The molecule has 9 heteroatoms. The number of likely N-dealkylation sites (N-methyl/N-ethyl adjacent to an activating group) is 1. The Morgan fingerprint density at radius 1 is 1.45 bits per heavy atom. The van der Waals surface area contributed by atoms with Gasteiger partial charge in [-0.05, 0) is 19.7 Å². The molecule has 0 amide bonds. The Balaban J connectivity index is 2.92. The average Bonchev–Trinajstić information content (AvgIpc) is 2.38. The van der Waals surface area contributed by atoms with Gasteiger partial charge in [-0.15, -0.1) is 0 Å². The Kier molecular flexibility index (Phi) is 5.43. The van der Waals surface area contributed by atoms with Crippen LogP contribution in [0, 0.1) is 10.1 Å². The zero-order valence-electron chi connectivity index (χ0n) is 11.4. The number of nitrogen functional groups attached to an aromatic ring is 1. The summed E-state index contributed by atoms with van der Waals surface area (Å²) in [6.07, 6.45) is 0. The second-order valence-corrected chi connectivity index (χ2v) is 6.01. The van der Waals surface area contributed by atoms with E-state index in [4.69, 9.17) is 5.73 Å². The third kappa shape index (κ3) is 4.15. The van der Waals surface area contributed by atoms with Crippen LogP contribution in [0.25, 0.3) is 0 Å². The van der Waals surface area contributed by atoms with E-state index in [2.05, 4.69) is 4.72 Å². The molecule has 3 N–H and O–H groups in total. The molecule has 0 heterocycles. The molecule has 0 aliphatic heterocycles. The fourth-order valence-corrected chi connectivity index (χ4v) is 2.65. The van der Waals surface area contributed by atoms with Crippen molar-refractivity contribution in [3.8, 4) is 0 Å². The van der Waals surface area contributed by atoms with E-state index in [9.17, 15) is 18.5 Å². The number of hydrogen-bond acceptors (Lipinski definition) is 6. The van der Waals surface area contributed by atoms with E-state index in [-0.39, 0.29) is 22.8 Å². The Bertz CT molecular complexity index is 588. The van der Waals surface area contributed by atoms with Crippen molar-refractivity contribution < 1.29 is 13.3 Å². The van der Waals surface area contributed by atoms with Gasteiger partial charge in [-0.2, -0.15) is 0 Å². The lowest BCUT2D eigenvalue weighted by Gasteiger charge is -2.14. The first-order chi connectivity index (χ1) is 9.27. The van der Waals surface area contributed by atoms with Gasteiger partial charge in [0.05, 0.1) is 10.6 Å². The van der Waals surface area contributed by atoms with Gasteiger partial charge in [0, 0.05) is 25.2 Å². The number of nitrogens with one attached hydrogen (secondary N) is 1. The van der Waals surface area contributed by atoms with E-state index in [0.717, 1.165) is 12.6 Å². The first-order valence-electron chi connectivity index (χ1n) is 6.00. The van der Waals surface area contributed by atoms with Gasteiger partial charge in [-0.25, -0.2) is 13.1 Å². The molecule has 0 aliphatic rings. The molecule has 0 fully saturated rings. The largest absolute Gasteiger partial charge is 0.398 e. The van der Waals surface area contributed by atoms with Crippen LogP contribution >= 0.6 is 0 Å². The highest BCUT2D eigenvalue weighted by Crippen LogP contribution is 2.23. The first kappa shape index (κ1) is 16.3. The molecule has 112 valence electrons. The van der Waals surface area contributed by atoms with Gasteiger partial charge in [0.15, 0.2) is 0 Å². The number of anilines is 1. The van der Waals surface area contributed by atoms with Crippen LogP contribution in [0.4, 0.5) is 11.4 Å². The minimum Gasteiger partial charge on any atom is -0.398 e. The van der Waals surface area contributed by atoms with Crippen LogP contribution in [0.3, 0.4) is 0 Å². The van der Waals surface area contributed by atoms with E-state index in [1.807, 2.05) is 18.9 Å². The molecular weight excluding hydrogens is 284 g/mol. The number of sulfonamides is 1. The number of non-ortho nitro benzene ring substituents is 1. The summed E-state index contributed by atoms with van der Waals surface area (Å²) >= 11 is 0. The van der Waals surface area contributed by atoms with Gasteiger partial charge in [-0.3, -0.25) is 10.1 Å². The summed E-state index contributed by atoms with van der Waals surface area (Å²) < 4.78 is 26.5. The number of nitro benzene ring substituents is 1. The highest BCUT2D eigenvalue weighted by molar-refractivity contribution is 7.89. The maximum absolute atomic E-state index is 12.1. The average molecular weight is 302 g/mol. The smallest absolute Gasteiger partial charge is 0.270 e. The van der Waals surface area contributed by atoms with E-state index in [0.29, 0.717) is 6.54 Å². The van der Waals surface area contributed by atoms with E-state index >= 15 is 0 Å². The van der Waals surface area contributed by atoms with Gasteiger partial charge in [0.25, 0.3) is 5.69 Å². The highest BCUT2D eigenvalue weighted by Gasteiger charge is 2.20. The van der Waals surface area contributed by atoms with Gasteiger partial charge >= 0.3 is 0 Å². The molecule has 0 saturated heterocycles. The van der Waals surface area contributed by atoms with Gasteiger partial charge in [0.1, 0.15) is 4.90 Å². The Labute approximate surface area is 117 Å². The summed E-state index contributed by atoms with van der Waals surface area (Å²) in [5, 5.41) is 10.7. The molecule has 0 atom stereocenters. The number of nitrogens with two attached hydrogens (primary N) is 1. The molecule has 0 saturated carbocycles. The number of hydrogen-bond donors (Lipinski definition) is 2. The highest BCUT2D eigenvalue weighted by atomic mass is 32.2. The second kappa shape index (κ2) is 6.64. The molecule has 20 heavy (non-hydrogen) atoms. The lowest BCUT2D eigenvalue weighted by atomic mass is 10.3. The second-order valence-electron chi connectivity index (χ2n) is 4.27. The molecule has 0 spiro atoms. The summed E-state index contributed by atoms with van der Waals surface area (Å²) in [5.74, 6) is 0. The molecule has 0 unspecified atom stereocenters. The fourth-order valence-electron chi connectivity index (χ4n) is 1.48. The third-order valence-electron chi connectivity index (χ3n) is 2.82. The van der Waals surface area contributed by atoms with Crippen LogP contribution in [0.2, 0.25) is 0 Å². The van der Waals surface area contributed by atoms with Crippen LogP contribution in [-0.4, -0.2) is 44.9 Å². The number of nitro groups is 1. The summed E-state index contributed by atoms with van der Waals surface area (Å²) in [6.45, 7) is 3.48. The van der Waals surface area contributed by atoms with Gasteiger partial charge in [-0.1, -0.05) is 6.92 Å². The maximum atomic E-state index is 12.1. The molecule has 1 aromatic rings.